The van der Waals surface area contributed by atoms with Crippen molar-refractivity contribution >= 4 is 17.9 Å². The van der Waals surface area contributed by atoms with Crippen LogP contribution in [0.5, 0.6) is 0 Å². The molecule has 0 saturated heterocycles. The van der Waals surface area contributed by atoms with Crippen molar-refractivity contribution in [3.05, 3.63) is 0 Å². The van der Waals surface area contributed by atoms with Gasteiger partial charge in [0.1, 0.15) is 0 Å². The molecule has 0 aromatic heterocycles. The number of rotatable bonds is 0. The van der Waals surface area contributed by atoms with Crippen molar-refractivity contribution in [3.8, 4) is 0 Å². The SMILES string of the molecule is CC(=O)O.CC(=O)O.CC(=O)O.[Zn]. The molecule has 0 bridgehead atoms. The molecule has 74 valence electrons. The van der Waals surface area contributed by atoms with Gasteiger partial charge in [-0.2, -0.15) is 0 Å². The van der Waals surface area contributed by atoms with E-state index in [1.807, 2.05) is 0 Å². The van der Waals surface area contributed by atoms with Crippen molar-refractivity contribution in [3.63, 3.8) is 0 Å². The van der Waals surface area contributed by atoms with Gasteiger partial charge < -0.3 is 15.3 Å². The molecule has 0 radical (unpaired) electrons. The van der Waals surface area contributed by atoms with E-state index in [2.05, 4.69) is 0 Å². The monoisotopic (exact) mass is 244 g/mol. The zero-order valence-corrected chi connectivity index (χ0v) is 10.7. The molecule has 0 fully saturated rings. The summed E-state index contributed by atoms with van der Waals surface area (Å²) in [6.45, 7) is 3.25. The first-order chi connectivity index (χ1) is 5.20. The van der Waals surface area contributed by atoms with Crippen LogP contribution in [0, 0.1) is 0 Å². The molecule has 6 nitrogen and oxygen atoms in total. The predicted octanol–water partition coefficient (Wildman–Crippen LogP) is 0.270. The summed E-state index contributed by atoms with van der Waals surface area (Å²) in [5.41, 5.74) is 0. The van der Waals surface area contributed by atoms with E-state index in [0.717, 1.165) is 20.8 Å². The van der Waals surface area contributed by atoms with Crippen LogP contribution in [-0.4, -0.2) is 33.2 Å². The molecule has 0 aromatic carbocycles. The van der Waals surface area contributed by atoms with E-state index in [-0.39, 0.29) is 19.5 Å². The Balaban J connectivity index is -0.0000000450. The molecular formula is C6H12O6Zn. The van der Waals surface area contributed by atoms with Crippen LogP contribution in [0.15, 0.2) is 0 Å². The average molecular weight is 246 g/mol. The second kappa shape index (κ2) is 17.2. The van der Waals surface area contributed by atoms with Crippen LogP contribution >= 0.6 is 0 Å². The topological polar surface area (TPSA) is 112 Å². The summed E-state index contributed by atoms with van der Waals surface area (Å²) >= 11 is 0. The molecule has 7 heteroatoms. The Bertz CT molecular complexity index is 115. The van der Waals surface area contributed by atoms with Gasteiger partial charge in [-0.15, -0.1) is 0 Å². The van der Waals surface area contributed by atoms with Gasteiger partial charge in [0, 0.05) is 40.2 Å². The van der Waals surface area contributed by atoms with Crippen molar-refractivity contribution in [1.29, 1.82) is 0 Å². The number of carbonyl (C=O) groups is 3. The Morgan fingerprint density at radius 3 is 0.692 bits per heavy atom. The standard InChI is InChI=1S/3C2H4O2.Zn/c3*1-2(3)4;/h3*1H3,(H,3,4);. The van der Waals surface area contributed by atoms with Crippen LogP contribution in [0.25, 0.3) is 0 Å². The van der Waals surface area contributed by atoms with Gasteiger partial charge in [-0.3, -0.25) is 14.4 Å². The molecule has 0 aliphatic rings. The third-order valence-corrected chi connectivity index (χ3v) is 0. The molecule has 3 N–H and O–H groups in total. The first kappa shape index (κ1) is 22.7. The maximum Gasteiger partial charge on any atom is 0.300 e. The van der Waals surface area contributed by atoms with Crippen LogP contribution < -0.4 is 0 Å². The minimum Gasteiger partial charge on any atom is -0.481 e. The molecule has 0 unspecified atom stereocenters. The number of hydrogen-bond donors (Lipinski definition) is 3. The molecule has 0 heterocycles. The number of aliphatic carboxylic acids is 3. The summed E-state index contributed by atoms with van der Waals surface area (Å²) in [5.74, 6) is -2.50. The van der Waals surface area contributed by atoms with Crippen molar-refractivity contribution in [2.45, 2.75) is 20.8 Å². The third-order valence-electron chi connectivity index (χ3n) is 0. The summed E-state index contributed by atoms with van der Waals surface area (Å²) in [4.78, 5) is 27.0. The Morgan fingerprint density at radius 2 is 0.692 bits per heavy atom. The maximum absolute atomic E-state index is 9.00. The fourth-order valence-electron chi connectivity index (χ4n) is 0. The Labute approximate surface area is 88.3 Å². The van der Waals surface area contributed by atoms with Gasteiger partial charge >= 0.3 is 0 Å². The van der Waals surface area contributed by atoms with Crippen LogP contribution in [0.2, 0.25) is 0 Å². The number of hydrogen-bond acceptors (Lipinski definition) is 3. The van der Waals surface area contributed by atoms with Crippen LogP contribution in [0.4, 0.5) is 0 Å². The van der Waals surface area contributed by atoms with E-state index in [1.165, 1.54) is 0 Å². The Hall–Kier alpha value is -0.967. The summed E-state index contributed by atoms with van der Waals surface area (Å²) in [5, 5.41) is 22.2. The quantitative estimate of drug-likeness (QED) is 0.528. The second-order valence-corrected chi connectivity index (χ2v) is 1.56. The molecule has 0 amide bonds. The van der Waals surface area contributed by atoms with Crippen molar-refractivity contribution in [1.82, 2.24) is 0 Å². The normalized spacial score (nSPS) is 5.77. The first-order valence-electron chi connectivity index (χ1n) is 2.78. The fourth-order valence-corrected chi connectivity index (χ4v) is 0. The van der Waals surface area contributed by atoms with Gasteiger partial charge in [-0.05, 0) is 0 Å². The van der Waals surface area contributed by atoms with Gasteiger partial charge in [0.05, 0.1) is 0 Å². The van der Waals surface area contributed by atoms with E-state index in [1.54, 1.807) is 0 Å². The van der Waals surface area contributed by atoms with Crippen LogP contribution in [-0.2, 0) is 33.9 Å². The minimum absolute atomic E-state index is 0. The largest absolute Gasteiger partial charge is 0.481 e. The maximum atomic E-state index is 9.00. The first-order valence-corrected chi connectivity index (χ1v) is 2.78. The molecule has 13 heavy (non-hydrogen) atoms. The average Bonchev–Trinajstić information content (AvgIpc) is 1.54. The van der Waals surface area contributed by atoms with Gasteiger partial charge in [0.25, 0.3) is 17.9 Å². The summed E-state index contributed by atoms with van der Waals surface area (Å²) < 4.78 is 0. The Kier molecular flexibility index (Phi) is 30.1. The fraction of sp³-hybridized carbons (Fsp3) is 0.500. The van der Waals surface area contributed by atoms with E-state index < -0.39 is 17.9 Å². The molecule has 0 spiro atoms. The second-order valence-electron chi connectivity index (χ2n) is 1.56. The molecule has 0 aromatic rings. The predicted molar refractivity (Wildman–Crippen MR) is 39.9 cm³/mol. The molecule has 0 saturated carbocycles. The van der Waals surface area contributed by atoms with Crippen LogP contribution in [0.1, 0.15) is 20.8 Å². The molecule has 0 aliphatic carbocycles. The minimum atomic E-state index is -0.833. The van der Waals surface area contributed by atoms with Gasteiger partial charge in [0.2, 0.25) is 0 Å². The smallest absolute Gasteiger partial charge is 0.300 e. The van der Waals surface area contributed by atoms with Crippen LogP contribution in [0.3, 0.4) is 0 Å². The van der Waals surface area contributed by atoms with E-state index in [9.17, 15) is 0 Å². The van der Waals surface area contributed by atoms with Gasteiger partial charge in [-0.25, -0.2) is 0 Å². The van der Waals surface area contributed by atoms with Gasteiger partial charge in [0.15, 0.2) is 0 Å². The third kappa shape index (κ3) is 964. The summed E-state index contributed by atoms with van der Waals surface area (Å²) in [6.07, 6.45) is 0. The van der Waals surface area contributed by atoms with Gasteiger partial charge in [-0.1, -0.05) is 0 Å². The van der Waals surface area contributed by atoms with E-state index in [0.29, 0.717) is 0 Å². The van der Waals surface area contributed by atoms with E-state index in [4.69, 9.17) is 29.7 Å². The summed E-state index contributed by atoms with van der Waals surface area (Å²) in [6, 6.07) is 0. The number of carboxylic acid groups (broad SMARTS) is 3. The van der Waals surface area contributed by atoms with Crippen molar-refractivity contribution in [2.24, 2.45) is 0 Å². The summed E-state index contributed by atoms with van der Waals surface area (Å²) in [7, 11) is 0. The molecular weight excluding hydrogens is 233 g/mol. The van der Waals surface area contributed by atoms with Crippen molar-refractivity contribution < 1.29 is 49.2 Å². The Morgan fingerprint density at radius 1 is 0.692 bits per heavy atom. The molecule has 0 rings (SSSR count). The van der Waals surface area contributed by atoms with Crippen molar-refractivity contribution in [2.75, 3.05) is 0 Å². The molecule has 0 aliphatic heterocycles. The number of carboxylic acids is 3. The zero-order chi connectivity index (χ0) is 10.7. The van der Waals surface area contributed by atoms with E-state index >= 15 is 0 Å². The zero-order valence-electron chi connectivity index (χ0n) is 7.77. The molecule has 0 atom stereocenters.